The second kappa shape index (κ2) is 11.3. The van der Waals surface area contributed by atoms with E-state index in [0.717, 1.165) is 12.1 Å². The van der Waals surface area contributed by atoms with Crippen molar-refractivity contribution >= 4 is 37.6 Å². The Morgan fingerprint density at radius 1 is 1.14 bits per heavy atom. The number of sulfonamides is 2. The van der Waals surface area contributed by atoms with E-state index in [1.165, 1.54) is 36.4 Å². The van der Waals surface area contributed by atoms with Gasteiger partial charge in [0, 0.05) is 25.6 Å². The topological polar surface area (TPSA) is 216 Å². The molecule has 37 heavy (non-hydrogen) atoms. The molecular formula is C21H24N4O10S2. The van der Waals surface area contributed by atoms with Gasteiger partial charge in [0.15, 0.2) is 11.5 Å². The molecule has 2 aromatic rings. The summed E-state index contributed by atoms with van der Waals surface area (Å²) in [6, 6.07) is 8.85. The Hall–Kier alpha value is -3.44. The average molecular weight is 557 g/mol. The number of aliphatic hydroxyl groups is 1. The summed E-state index contributed by atoms with van der Waals surface area (Å²) in [5.41, 5.74) is 0.0233. The van der Waals surface area contributed by atoms with E-state index in [1.54, 1.807) is 0 Å². The second-order valence-electron chi connectivity index (χ2n) is 8.10. The molecule has 1 saturated heterocycles. The largest absolute Gasteiger partial charge is 0.454 e. The predicted molar refractivity (Wildman–Crippen MR) is 127 cm³/mol. The first kappa shape index (κ1) is 28.1. The number of carbonyl (C=O) groups excluding carboxylic acids is 2. The number of nitro benzene ring substituents is 1. The molecule has 16 heteroatoms. The van der Waals surface area contributed by atoms with Crippen LogP contribution in [0.5, 0.6) is 0 Å². The zero-order chi connectivity index (χ0) is 27.4. The van der Waals surface area contributed by atoms with Gasteiger partial charge in [0.25, 0.3) is 21.6 Å². The maximum atomic E-state index is 13.1. The minimum atomic E-state index is -4.55. The lowest BCUT2D eigenvalue weighted by atomic mass is 10.1. The van der Waals surface area contributed by atoms with Gasteiger partial charge >= 0.3 is 5.97 Å². The molecule has 2 atom stereocenters. The molecule has 0 radical (unpaired) electrons. The fourth-order valence-corrected chi connectivity index (χ4v) is 5.99. The SMILES string of the molecule is NS(=O)(=O)c1ccc(CCNC(=O)COC(=O)[C@@H]2C[C@H](O)CN2S(=O)(=O)c2ccccc2[N+](=O)[O-])cc1. The summed E-state index contributed by atoms with van der Waals surface area (Å²) >= 11 is 0. The Balaban J connectivity index is 1.57. The molecule has 0 spiro atoms. The molecule has 0 unspecified atom stereocenters. The molecule has 14 nitrogen and oxygen atoms in total. The number of nitro groups is 1. The molecular weight excluding hydrogens is 532 g/mol. The van der Waals surface area contributed by atoms with Crippen molar-refractivity contribution in [3.63, 3.8) is 0 Å². The number of hydrogen-bond donors (Lipinski definition) is 3. The van der Waals surface area contributed by atoms with Gasteiger partial charge in [-0.05, 0) is 30.2 Å². The highest BCUT2D eigenvalue weighted by molar-refractivity contribution is 7.89. The monoisotopic (exact) mass is 556 g/mol. The van der Waals surface area contributed by atoms with E-state index in [4.69, 9.17) is 9.88 Å². The second-order valence-corrected chi connectivity index (χ2v) is 11.5. The molecule has 1 heterocycles. The van der Waals surface area contributed by atoms with Crippen molar-refractivity contribution in [3.8, 4) is 0 Å². The number of β-amino-alcohol motifs (C(OH)–C–C–N with tert-alkyl or cyclic N) is 1. The Morgan fingerprint density at radius 2 is 1.78 bits per heavy atom. The summed E-state index contributed by atoms with van der Waals surface area (Å²) in [6.07, 6.45) is -1.19. The lowest BCUT2D eigenvalue weighted by Gasteiger charge is -2.22. The number of esters is 1. The zero-order valence-corrected chi connectivity index (χ0v) is 20.9. The van der Waals surface area contributed by atoms with Crippen molar-refractivity contribution < 1.29 is 41.2 Å². The number of nitrogens with zero attached hydrogens (tertiary/aromatic N) is 2. The molecule has 0 saturated carbocycles. The number of nitrogens with one attached hydrogen (secondary N) is 1. The molecule has 2 aromatic carbocycles. The van der Waals surface area contributed by atoms with E-state index in [1.807, 2.05) is 0 Å². The lowest BCUT2D eigenvalue weighted by Crippen LogP contribution is -2.42. The molecule has 1 aliphatic heterocycles. The van der Waals surface area contributed by atoms with Crippen LogP contribution in [0.1, 0.15) is 12.0 Å². The van der Waals surface area contributed by atoms with Crippen LogP contribution in [0.15, 0.2) is 58.3 Å². The number of nitrogens with two attached hydrogens (primary N) is 1. The van der Waals surface area contributed by atoms with Crippen molar-refractivity contribution in [1.29, 1.82) is 0 Å². The molecule has 3 rings (SSSR count). The number of rotatable bonds is 10. The summed E-state index contributed by atoms with van der Waals surface area (Å²) < 4.78 is 54.3. The predicted octanol–water partition coefficient (Wildman–Crippen LogP) is -0.732. The molecule has 0 bridgehead atoms. The Bertz CT molecular complexity index is 1390. The smallest absolute Gasteiger partial charge is 0.325 e. The third-order valence-electron chi connectivity index (χ3n) is 5.49. The fourth-order valence-electron chi connectivity index (χ4n) is 3.69. The first-order valence-corrected chi connectivity index (χ1v) is 13.8. The van der Waals surface area contributed by atoms with E-state index >= 15 is 0 Å². The highest BCUT2D eigenvalue weighted by Gasteiger charge is 2.46. The van der Waals surface area contributed by atoms with Gasteiger partial charge in [-0.2, -0.15) is 4.31 Å². The van der Waals surface area contributed by atoms with Crippen molar-refractivity contribution in [1.82, 2.24) is 9.62 Å². The van der Waals surface area contributed by atoms with Crippen molar-refractivity contribution in [2.75, 3.05) is 19.7 Å². The average Bonchev–Trinajstić information content (AvgIpc) is 3.25. The van der Waals surface area contributed by atoms with Crippen LogP contribution in [0.2, 0.25) is 0 Å². The minimum Gasteiger partial charge on any atom is -0.454 e. The third-order valence-corrected chi connectivity index (χ3v) is 8.34. The number of carbonyl (C=O) groups is 2. The Labute approximate surface area is 212 Å². The van der Waals surface area contributed by atoms with Gasteiger partial charge in [0.2, 0.25) is 10.0 Å². The molecule has 4 N–H and O–H groups in total. The molecule has 1 fully saturated rings. The highest BCUT2D eigenvalue weighted by Crippen LogP contribution is 2.31. The Morgan fingerprint density at radius 3 is 2.41 bits per heavy atom. The van der Waals surface area contributed by atoms with E-state index in [9.17, 15) is 41.6 Å². The quantitative estimate of drug-likeness (QED) is 0.189. The normalized spacial score (nSPS) is 18.3. The van der Waals surface area contributed by atoms with Crippen LogP contribution < -0.4 is 10.5 Å². The van der Waals surface area contributed by atoms with Crippen molar-refractivity contribution in [2.24, 2.45) is 5.14 Å². The van der Waals surface area contributed by atoms with Crippen LogP contribution in [0, 0.1) is 10.1 Å². The first-order valence-electron chi connectivity index (χ1n) is 10.8. The van der Waals surface area contributed by atoms with Gasteiger partial charge in [0.05, 0.1) is 15.9 Å². The summed E-state index contributed by atoms with van der Waals surface area (Å²) in [7, 11) is -8.37. The molecule has 1 amide bonds. The lowest BCUT2D eigenvalue weighted by molar-refractivity contribution is -0.387. The third kappa shape index (κ3) is 6.86. The van der Waals surface area contributed by atoms with Gasteiger partial charge in [-0.3, -0.25) is 19.7 Å². The van der Waals surface area contributed by atoms with Crippen LogP contribution in [0.25, 0.3) is 0 Å². The van der Waals surface area contributed by atoms with Gasteiger partial charge in [-0.1, -0.05) is 24.3 Å². The number of para-hydroxylation sites is 1. The van der Waals surface area contributed by atoms with Crippen LogP contribution in [-0.4, -0.2) is 74.9 Å². The van der Waals surface area contributed by atoms with E-state index in [2.05, 4.69) is 5.32 Å². The highest BCUT2D eigenvalue weighted by atomic mass is 32.2. The maximum Gasteiger partial charge on any atom is 0.325 e. The number of benzene rings is 2. The van der Waals surface area contributed by atoms with Gasteiger partial charge in [-0.15, -0.1) is 0 Å². The first-order chi connectivity index (χ1) is 17.3. The maximum absolute atomic E-state index is 13.1. The van der Waals surface area contributed by atoms with Gasteiger partial charge in [-0.25, -0.2) is 22.0 Å². The number of amides is 1. The summed E-state index contributed by atoms with van der Waals surface area (Å²) in [4.78, 5) is 34.4. The minimum absolute atomic E-state index is 0.0536. The fraction of sp³-hybridized carbons (Fsp3) is 0.333. The number of ether oxygens (including phenoxy) is 1. The standard InChI is InChI=1S/C21H24N4O10S2/c22-36(31,32)16-7-5-14(6-8-16)9-10-23-20(27)13-35-21(28)18-11-15(26)12-24(18)37(33,34)19-4-2-1-3-17(19)25(29)30/h1-8,15,18,26H,9-13H2,(H,23,27)(H2,22,31,32)/t15-,18-/m0/s1. The van der Waals surface area contributed by atoms with E-state index in [-0.39, 0.29) is 17.9 Å². The van der Waals surface area contributed by atoms with Gasteiger partial charge < -0.3 is 15.2 Å². The van der Waals surface area contributed by atoms with E-state index in [0.29, 0.717) is 16.3 Å². The van der Waals surface area contributed by atoms with Crippen LogP contribution in [0.3, 0.4) is 0 Å². The van der Waals surface area contributed by atoms with Gasteiger partial charge in [0.1, 0.15) is 6.04 Å². The van der Waals surface area contributed by atoms with Crippen molar-refractivity contribution in [3.05, 3.63) is 64.2 Å². The number of hydrogen-bond acceptors (Lipinski definition) is 10. The number of primary sulfonamides is 1. The molecule has 200 valence electrons. The summed E-state index contributed by atoms with van der Waals surface area (Å²) in [5, 5.41) is 28.8. The van der Waals surface area contributed by atoms with Crippen LogP contribution in [-0.2, 0) is 40.8 Å². The van der Waals surface area contributed by atoms with Crippen LogP contribution >= 0.6 is 0 Å². The summed E-state index contributed by atoms with van der Waals surface area (Å²) in [5.74, 6) is -1.77. The van der Waals surface area contributed by atoms with E-state index < -0.39 is 72.7 Å². The van der Waals surface area contributed by atoms with Crippen LogP contribution in [0.4, 0.5) is 5.69 Å². The number of aliphatic hydroxyl groups excluding tert-OH is 1. The van der Waals surface area contributed by atoms with Crippen molar-refractivity contribution in [2.45, 2.75) is 34.8 Å². The summed E-state index contributed by atoms with van der Waals surface area (Å²) in [6.45, 7) is -1.08. The Kier molecular flexibility index (Phi) is 8.60. The molecule has 0 aliphatic carbocycles. The molecule has 1 aliphatic rings. The zero-order valence-electron chi connectivity index (χ0n) is 19.2. The molecule has 0 aromatic heterocycles.